The van der Waals surface area contributed by atoms with Crippen molar-refractivity contribution in [2.75, 3.05) is 26.7 Å². The summed E-state index contributed by atoms with van der Waals surface area (Å²) in [6, 6.07) is 7.00. The molecule has 1 N–H and O–H groups in total. The van der Waals surface area contributed by atoms with E-state index in [0.717, 1.165) is 25.2 Å². The predicted octanol–water partition coefficient (Wildman–Crippen LogP) is 2.72. The Balaban J connectivity index is 1.91. The molecule has 0 aliphatic carbocycles. The molecule has 0 aromatic heterocycles. The van der Waals surface area contributed by atoms with Crippen molar-refractivity contribution < 1.29 is 13.5 Å². The van der Waals surface area contributed by atoms with Crippen molar-refractivity contribution in [1.29, 1.82) is 0 Å². The minimum absolute atomic E-state index is 0.274. The number of rotatable bonds is 6. The number of halogens is 2. The van der Waals surface area contributed by atoms with Crippen molar-refractivity contribution in [1.82, 2.24) is 10.2 Å². The standard InChI is InChI=1S/C15H22F2N2O/c1-19(10-12-5-4-8-18-9-12)11-13-6-2-3-7-14(13)20-15(16)17/h2-3,6-7,12,15,18H,4-5,8-11H2,1H3. The van der Waals surface area contributed by atoms with Crippen molar-refractivity contribution in [3.05, 3.63) is 29.8 Å². The smallest absolute Gasteiger partial charge is 0.387 e. The average molecular weight is 284 g/mol. The van der Waals surface area contributed by atoms with E-state index in [4.69, 9.17) is 0 Å². The minimum atomic E-state index is -2.77. The second kappa shape index (κ2) is 7.55. The molecular weight excluding hydrogens is 262 g/mol. The normalized spacial score (nSPS) is 19.6. The summed E-state index contributed by atoms with van der Waals surface area (Å²) in [4.78, 5) is 2.17. The van der Waals surface area contributed by atoms with E-state index in [1.54, 1.807) is 12.1 Å². The summed E-state index contributed by atoms with van der Waals surface area (Å²) in [5.41, 5.74) is 0.805. The van der Waals surface area contributed by atoms with E-state index < -0.39 is 6.61 Å². The van der Waals surface area contributed by atoms with E-state index in [9.17, 15) is 8.78 Å². The molecular formula is C15H22F2N2O. The maximum atomic E-state index is 12.4. The van der Waals surface area contributed by atoms with Gasteiger partial charge in [-0.25, -0.2) is 0 Å². The van der Waals surface area contributed by atoms with Crippen LogP contribution in [-0.4, -0.2) is 38.2 Å². The number of alkyl halides is 2. The highest BCUT2D eigenvalue weighted by Crippen LogP contribution is 2.22. The Morgan fingerprint density at radius 3 is 2.90 bits per heavy atom. The van der Waals surface area contributed by atoms with Gasteiger partial charge in [0.05, 0.1) is 0 Å². The largest absolute Gasteiger partial charge is 0.434 e. The van der Waals surface area contributed by atoms with E-state index in [2.05, 4.69) is 15.0 Å². The lowest BCUT2D eigenvalue weighted by Gasteiger charge is -2.28. The van der Waals surface area contributed by atoms with E-state index in [-0.39, 0.29) is 5.75 Å². The van der Waals surface area contributed by atoms with Gasteiger partial charge in [0.15, 0.2) is 0 Å². The number of benzene rings is 1. The van der Waals surface area contributed by atoms with Crippen molar-refractivity contribution >= 4 is 0 Å². The van der Waals surface area contributed by atoms with Gasteiger partial charge in [-0.1, -0.05) is 18.2 Å². The van der Waals surface area contributed by atoms with Crippen LogP contribution in [0.15, 0.2) is 24.3 Å². The van der Waals surface area contributed by atoms with Gasteiger partial charge in [0, 0.05) is 18.7 Å². The molecule has 20 heavy (non-hydrogen) atoms. The number of hydrogen-bond donors (Lipinski definition) is 1. The maximum Gasteiger partial charge on any atom is 0.387 e. The van der Waals surface area contributed by atoms with Crippen molar-refractivity contribution in [2.45, 2.75) is 26.0 Å². The van der Waals surface area contributed by atoms with Gasteiger partial charge in [0.25, 0.3) is 0 Å². The van der Waals surface area contributed by atoms with Gasteiger partial charge >= 0.3 is 6.61 Å². The molecule has 2 rings (SSSR count). The molecule has 1 aromatic rings. The summed E-state index contributed by atoms with van der Waals surface area (Å²) in [6.45, 7) is 0.962. The third kappa shape index (κ3) is 4.72. The number of nitrogens with zero attached hydrogens (tertiary/aromatic N) is 1. The van der Waals surface area contributed by atoms with E-state index in [1.165, 1.54) is 12.8 Å². The molecule has 5 heteroatoms. The minimum Gasteiger partial charge on any atom is -0.434 e. The first-order valence-corrected chi connectivity index (χ1v) is 7.07. The van der Waals surface area contributed by atoms with Crippen LogP contribution in [0.25, 0.3) is 0 Å². The number of ether oxygens (including phenoxy) is 1. The fourth-order valence-electron chi connectivity index (χ4n) is 2.72. The van der Waals surface area contributed by atoms with Crippen LogP contribution in [0.3, 0.4) is 0 Å². The van der Waals surface area contributed by atoms with Gasteiger partial charge in [-0.2, -0.15) is 8.78 Å². The second-order valence-electron chi connectivity index (χ2n) is 5.40. The van der Waals surface area contributed by atoms with Crippen LogP contribution < -0.4 is 10.1 Å². The lowest BCUT2D eigenvalue weighted by atomic mass is 9.99. The number of piperidine rings is 1. The van der Waals surface area contributed by atoms with Crippen LogP contribution in [0.1, 0.15) is 18.4 Å². The molecule has 3 nitrogen and oxygen atoms in total. The SMILES string of the molecule is CN(Cc1ccccc1OC(F)F)CC1CCCNC1. The lowest BCUT2D eigenvalue weighted by molar-refractivity contribution is -0.0507. The first kappa shape index (κ1) is 15.2. The summed E-state index contributed by atoms with van der Waals surface area (Å²) in [7, 11) is 2.02. The highest BCUT2D eigenvalue weighted by molar-refractivity contribution is 5.33. The monoisotopic (exact) mass is 284 g/mol. The maximum absolute atomic E-state index is 12.4. The molecule has 1 atom stereocenters. The summed E-state index contributed by atoms with van der Waals surface area (Å²) >= 11 is 0. The molecule has 0 bridgehead atoms. The van der Waals surface area contributed by atoms with Crippen molar-refractivity contribution in [2.24, 2.45) is 5.92 Å². The summed E-state index contributed by atoms with van der Waals surface area (Å²) < 4.78 is 29.3. The Hall–Kier alpha value is -1.20. The summed E-state index contributed by atoms with van der Waals surface area (Å²) in [5.74, 6) is 0.910. The Labute approximate surface area is 118 Å². The van der Waals surface area contributed by atoms with Crippen LogP contribution in [0.5, 0.6) is 5.75 Å². The molecule has 0 amide bonds. The van der Waals surface area contributed by atoms with Crippen molar-refractivity contribution in [3.63, 3.8) is 0 Å². The summed E-state index contributed by atoms with van der Waals surface area (Å²) in [5, 5.41) is 3.39. The Morgan fingerprint density at radius 2 is 2.20 bits per heavy atom. The molecule has 0 saturated carbocycles. The fourth-order valence-corrected chi connectivity index (χ4v) is 2.72. The van der Waals surface area contributed by atoms with Crippen LogP contribution in [0.2, 0.25) is 0 Å². The van der Waals surface area contributed by atoms with Gasteiger partial charge in [-0.05, 0) is 45.0 Å². The third-order valence-electron chi connectivity index (χ3n) is 3.60. The Kier molecular flexibility index (Phi) is 5.73. The molecule has 1 fully saturated rings. The highest BCUT2D eigenvalue weighted by atomic mass is 19.3. The van der Waals surface area contributed by atoms with Crippen LogP contribution in [-0.2, 0) is 6.54 Å². The Bertz CT molecular complexity index is 409. The zero-order chi connectivity index (χ0) is 14.4. The molecule has 0 radical (unpaired) electrons. The lowest BCUT2D eigenvalue weighted by Crippen LogP contribution is -2.36. The Morgan fingerprint density at radius 1 is 1.40 bits per heavy atom. The first-order valence-electron chi connectivity index (χ1n) is 7.07. The van der Waals surface area contributed by atoms with Crippen molar-refractivity contribution in [3.8, 4) is 5.75 Å². The van der Waals surface area contributed by atoms with Gasteiger partial charge in [0.2, 0.25) is 0 Å². The molecule has 1 aliphatic heterocycles. The quantitative estimate of drug-likeness (QED) is 0.869. The third-order valence-corrected chi connectivity index (χ3v) is 3.60. The first-order chi connectivity index (χ1) is 9.65. The zero-order valence-electron chi connectivity index (χ0n) is 11.8. The van der Waals surface area contributed by atoms with Gasteiger partial charge in [-0.15, -0.1) is 0 Å². The zero-order valence-corrected chi connectivity index (χ0v) is 11.8. The molecule has 1 heterocycles. The molecule has 1 saturated heterocycles. The predicted molar refractivity (Wildman–Crippen MR) is 75.0 cm³/mol. The van der Waals surface area contributed by atoms with Crippen LogP contribution >= 0.6 is 0 Å². The molecule has 1 aliphatic rings. The van der Waals surface area contributed by atoms with Crippen LogP contribution in [0.4, 0.5) is 8.78 Å². The van der Waals surface area contributed by atoms with E-state index >= 15 is 0 Å². The van der Waals surface area contributed by atoms with E-state index in [1.807, 2.05) is 19.2 Å². The van der Waals surface area contributed by atoms with E-state index in [0.29, 0.717) is 12.5 Å². The van der Waals surface area contributed by atoms with Gasteiger partial charge < -0.3 is 15.0 Å². The van der Waals surface area contributed by atoms with Gasteiger partial charge in [0.1, 0.15) is 5.75 Å². The fraction of sp³-hybridized carbons (Fsp3) is 0.600. The molecule has 0 spiro atoms. The number of nitrogens with one attached hydrogen (secondary N) is 1. The molecule has 1 unspecified atom stereocenters. The topological polar surface area (TPSA) is 24.5 Å². The average Bonchev–Trinajstić information content (AvgIpc) is 2.41. The molecule has 112 valence electrons. The van der Waals surface area contributed by atoms with Crippen LogP contribution in [0, 0.1) is 5.92 Å². The number of para-hydroxylation sites is 1. The van der Waals surface area contributed by atoms with Gasteiger partial charge in [-0.3, -0.25) is 0 Å². The summed E-state index contributed by atoms with van der Waals surface area (Å²) in [6.07, 6.45) is 2.44. The number of hydrogen-bond acceptors (Lipinski definition) is 3. The second-order valence-corrected chi connectivity index (χ2v) is 5.40. The molecule has 1 aromatic carbocycles. The highest BCUT2D eigenvalue weighted by Gasteiger charge is 2.16.